The molecule has 11 rings (SSSR count). The number of hydrogen-bond donors (Lipinski definition) is 0. The fraction of sp³-hybridized carbons (Fsp3) is 0.0196. The molecule has 0 aliphatic rings. The molecule has 53 heavy (non-hydrogen) atoms. The standard InChI is InChI=1S/C51H32O2/c1-31-29-52-30-44(31)49-39-23-11-9-21-37(39)48(38-22-10-12-24-40(38)49)42-26-13-27-43-50-41(25-14-28-45(50)53-51(42)43)47-35-19-7-5-17-33(35)46(32-15-3-2-4-16-32)34-18-6-8-20-36(34)47/h2-30H,1H3. The molecule has 0 aliphatic carbocycles. The molecule has 0 amide bonds. The molecule has 2 heteroatoms. The average Bonchev–Trinajstić information content (AvgIpc) is 3.82. The van der Waals surface area contributed by atoms with Crippen LogP contribution in [0.25, 0.3) is 110 Å². The first-order valence-electron chi connectivity index (χ1n) is 18.2. The summed E-state index contributed by atoms with van der Waals surface area (Å²) in [5.74, 6) is 0. The lowest BCUT2D eigenvalue weighted by Crippen LogP contribution is -1.91. The third kappa shape index (κ3) is 4.33. The highest BCUT2D eigenvalue weighted by atomic mass is 16.3. The van der Waals surface area contributed by atoms with Crippen LogP contribution in [0.15, 0.2) is 185 Å². The van der Waals surface area contributed by atoms with Gasteiger partial charge in [0, 0.05) is 33.0 Å². The van der Waals surface area contributed by atoms with Gasteiger partial charge in [-0.2, -0.15) is 0 Å². The maximum atomic E-state index is 7.02. The van der Waals surface area contributed by atoms with E-state index in [0.29, 0.717) is 0 Å². The van der Waals surface area contributed by atoms with Gasteiger partial charge >= 0.3 is 0 Å². The third-order valence-electron chi connectivity index (χ3n) is 11.1. The van der Waals surface area contributed by atoms with Crippen molar-refractivity contribution in [1.82, 2.24) is 0 Å². The van der Waals surface area contributed by atoms with E-state index in [1.54, 1.807) is 0 Å². The van der Waals surface area contributed by atoms with E-state index in [0.717, 1.165) is 38.6 Å². The second-order valence-corrected chi connectivity index (χ2v) is 14.0. The van der Waals surface area contributed by atoms with Crippen molar-refractivity contribution in [3.63, 3.8) is 0 Å². The van der Waals surface area contributed by atoms with Gasteiger partial charge in [0.15, 0.2) is 0 Å². The molecule has 0 saturated carbocycles. The van der Waals surface area contributed by atoms with Crippen LogP contribution in [-0.4, -0.2) is 0 Å². The molecule has 2 nitrogen and oxygen atoms in total. The summed E-state index contributed by atoms with van der Waals surface area (Å²) in [6, 6.07) is 59.2. The molecule has 9 aromatic carbocycles. The minimum Gasteiger partial charge on any atom is -0.472 e. The van der Waals surface area contributed by atoms with Crippen molar-refractivity contribution in [2.24, 2.45) is 0 Å². The monoisotopic (exact) mass is 676 g/mol. The molecule has 2 heterocycles. The number of fused-ring (bicyclic) bond motifs is 7. The summed E-state index contributed by atoms with van der Waals surface area (Å²) in [7, 11) is 0. The SMILES string of the molecule is Cc1cocc1-c1c2ccccc2c(-c2cccc3c2oc2cccc(-c4c5ccccc5c(-c5ccccc5)c5ccccc45)c23)c2ccccc12. The Balaban J connectivity index is 1.24. The topological polar surface area (TPSA) is 26.3 Å². The molecule has 0 spiro atoms. The molecule has 0 radical (unpaired) electrons. The van der Waals surface area contributed by atoms with Gasteiger partial charge < -0.3 is 8.83 Å². The first-order chi connectivity index (χ1) is 26.3. The van der Waals surface area contributed by atoms with E-state index in [1.165, 1.54) is 76.5 Å². The van der Waals surface area contributed by atoms with Gasteiger partial charge in [-0.1, -0.05) is 158 Å². The molecule has 0 fully saturated rings. The van der Waals surface area contributed by atoms with Crippen molar-refractivity contribution in [3.8, 4) is 44.5 Å². The Labute approximate surface area is 306 Å². The number of benzene rings is 9. The lowest BCUT2D eigenvalue weighted by Gasteiger charge is -2.18. The van der Waals surface area contributed by atoms with Crippen LogP contribution >= 0.6 is 0 Å². The minimum absolute atomic E-state index is 0.879. The fourth-order valence-corrected chi connectivity index (χ4v) is 8.91. The number of furan rings is 2. The lowest BCUT2D eigenvalue weighted by atomic mass is 9.84. The van der Waals surface area contributed by atoms with Crippen LogP contribution in [0.4, 0.5) is 0 Å². The highest BCUT2D eigenvalue weighted by Crippen LogP contribution is 2.50. The Kier molecular flexibility index (Phi) is 6.50. The van der Waals surface area contributed by atoms with Crippen molar-refractivity contribution < 1.29 is 8.83 Å². The van der Waals surface area contributed by atoms with Gasteiger partial charge in [0.1, 0.15) is 11.2 Å². The number of para-hydroxylation sites is 1. The van der Waals surface area contributed by atoms with Crippen LogP contribution in [-0.2, 0) is 0 Å². The van der Waals surface area contributed by atoms with Gasteiger partial charge in [-0.3, -0.25) is 0 Å². The predicted molar refractivity (Wildman–Crippen MR) is 222 cm³/mol. The highest BCUT2D eigenvalue weighted by Gasteiger charge is 2.24. The molecule has 0 saturated heterocycles. The number of rotatable bonds is 4. The second kappa shape index (κ2) is 11.6. The Hall–Kier alpha value is -6.90. The summed E-state index contributed by atoms with van der Waals surface area (Å²) in [5, 5.41) is 11.9. The minimum atomic E-state index is 0.879. The summed E-state index contributed by atoms with van der Waals surface area (Å²) in [4.78, 5) is 0. The van der Waals surface area contributed by atoms with Gasteiger partial charge in [0.2, 0.25) is 0 Å². The van der Waals surface area contributed by atoms with Crippen molar-refractivity contribution in [2.45, 2.75) is 6.92 Å². The zero-order valence-corrected chi connectivity index (χ0v) is 29.1. The molecule has 0 N–H and O–H groups in total. The van der Waals surface area contributed by atoms with Crippen molar-refractivity contribution >= 4 is 65.0 Å². The van der Waals surface area contributed by atoms with E-state index in [4.69, 9.17) is 8.83 Å². The number of aryl methyl sites for hydroxylation is 1. The zero-order chi connectivity index (χ0) is 35.0. The average molecular weight is 677 g/mol. The highest BCUT2D eigenvalue weighted by molar-refractivity contribution is 6.28. The first-order valence-corrected chi connectivity index (χ1v) is 18.2. The molecule has 2 aromatic heterocycles. The van der Waals surface area contributed by atoms with Crippen LogP contribution in [0.2, 0.25) is 0 Å². The molecule has 248 valence electrons. The number of hydrogen-bond acceptors (Lipinski definition) is 2. The molecular weight excluding hydrogens is 645 g/mol. The van der Waals surface area contributed by atoms with E-state index in [9.17, 15) is 0 Å². The van der Waals surface area contributed by atoms with E-state index < -0.39 is 0 Å². The summed E-state index contributed by atoms with van der Waals surface area (Å²) >= 11 is 0. The van der Waals surface area contributed by atoms with E-state index in [-0.39, 0.29) is 0 Å². The van der Waals surface area contributed by atoms with Crippen molar-refractivity contribution in [1.29, 1.82) is 0 Å². The molecular formula is C51H32O2. The van der Waals surface area contributed by atoms with Crippen molar-refractivity contribution in [3.05, 3.63) is 182 Å². The molecule has 0 atom stereocenters. The van der Waals surface area contributed by atoms with Gasteiger partial charge in [0.05, 0.1) is 12.5 Å². The quantitative estimate of drug-likeness (QED) is 0.173. The summed E-state index contributed by atoms with van der Waals surface area (Å²) in [6.07, 6.45) is 3.71. The van der Waals surface area contributed by atoms with Crippen LogP contribution in [0.5, 0.6) is 0 Å². The van der Waals surface area contributed by atoms with Gasteiger partial charge in [-0.25, -0.2) is 0 Å². The summed E-state index contributed by atoms with van der Waals surface area (Å²) in [6.45, 7) is 2.12. The molecule has 0 aliphatic heterocycles. The Bertz CT molecular complexity index is 3120. The van der Waals surface area contributed by atoms with Gasteiger partial charge in [0.25, 0.3) is 0 Å². The van der Waals surface area contributed by atoms with E-state index in [2.05, 4.69) is 171 Å². The lowest BCUT2D eigenvalue weighted by molar-refractivity contribution is 0.566. The third-order valence-corrected chi connectivity index (χ3v) is 11.1. The maximum absolute atomic E-state index is 7.02. The molecule has 0 unspecified atom stereocenters. The smallest absolute Gasteiger partial charge is 0.143 e. The first kappa shape index (κ1) is 29.8. The van der Waals surface area contributed by atoms with Gasteiger partial charge in [-0.15, -0.1) is 0 Å². The van der Waals surface area contributed by atoms with Crippen LogP contribution in [0.1, 0.15) is 5.56 Å². The fourth-order valence-electron chi connectivity index (χ4n) is 8.91. The predicted octanol–water partition coefficient (Wildman–Crippen LogP) is 14.8. The van der Waals surface area contributed by atoms with Gasteiger partial charge in [-0.05, 0) is 83.9 Å². The van der Waals surface area contributed by atoms with Crippen molar-refractivity contribution in [2.75, 3.05) is 0 Å². The zero-order valence-electron chi connectivity index (χ0n) is 29.1. The summed E-state index contributed by atoms with van der Waals surface area (Å²) in [5.41, 5.74) is 12.4. The second-order valence-electron chi connectivity index (χ2n) is 14.0. The molecule has 11 aromatic rings. The maximum Gasteiger partial charge on any atom is 0.143 e. The Morgan fingerprint density at radius 1 is 0.340 bits per heavy atom. The summed E-state index contributed by atoms with van der Waals surface area (Å²) < 4.78 is 12.7. The van der Waals surface area contributed by atoms with Crippen LogP contribution < -0.4 is 0 Å². The Morgan fingerprint density at radius 2 is 0.774 bits per heavy atom. The Morgan fingerprint density at radius 3 is 1.30 bits per heavy atom. The van der Waals surface area contributed by atoms with E-state index in [1.807, 2.05) is 12.5 Å². The largest absolute Gasteiger partial charge is 0.472 e. The van der Waals surface area contributed by atoms with E-state index >= 15 is 0 Å². The van der Waals surface area contributed by atoms with Crippen LogP contribution in [0, 0.1) is 6.92 Å². The molecule has 0 bridgehead atoms. The normalized spacial score (nSPS) is 11.9. The van der Waals surface area contributed by atoms with Crippen LogP contribution in [0.3, 0.4) is 0 Å².